The van der Waals surface area contributed by atoms with Crippen molar-refractivity contribution in [3.05, 3.63) is 94.5 Å². The summed E-state index contributed by atoms with van der Waals surface area (Å²) in [6.07, 6.45) is 0.834. The van der Waals surface area contributed by atoms with Gasteiger partial charge in [0.2, 0.25) is 5.91 Å². The second-order valence-corrected chi connectivity index (χ2v) is 9.24. The highest BCUT2D eigenvalue weighted by molar-refractivity contribution is 7.16. The van der Waals surface area contributed by atoms with Gasteiger partial charge in [0.25, 0.3) is 0 Å². The van der Waals surface area contributed by atoms with Gasteiger partial charge >= 0.3 is 0 Å². The number of carbonyl (C=O) groups excluding carboxylic acids is 1. The molecule has 1 heterocycles. The highest BCUT2D eigenvalue weighted by Crippen LogP contribution is 2.61. The van der Waals surface area contributed by atoms with Crippen molar-refractivity contribution < 1.29 is 4.79 Å². The molecule has 0 spiro atoms. The van der Waals surface area contributed by atoms with Gasteiger partial charge in [-0.1, -0.05) is 48.5 Å². The van der Waals surface area contributed by atoms with Gasteiger partial charge < -0.3 is 5.32 Å². The van der Waals surface area contributed by atoms with Crippen LogP contribution in [-0.4, -0.2) is 10.9 Å². The Balaban J connectivity index is 1.43. The Labute approximate surface area is 173 Å². The first kappa shape index (κ1) is 16.9. The first-order chi connectivity index (χ1) is 14.1. The molecule has 3 aliphatic rings. The van der Waals surface area contributed by atoms with Crippen molar-refractivity contribution in [1.82, 2.24) is 4.98 Å². The number of hydrogen-bond donors (Lipinski definition) is 1. The maximum atomic E-state index is 13.6. The largest absolute Gasteiger partial charge is 0.326 e. The quantitative estimate of drug-likeness (QED) is 0.457. The number of nitrogens with zero attached hydrogens (tertiary/aromatic N) is 1. The Kier molecular flexibility index (Phi) is 3.51. The van der Waals surface area contributed by atoms with E-state index in [0.29, 0.717) is 0 Å². The molecule has 3 aliphatic carbocycles. The van der Waals surface area contributed by atoms with Crippen LogP contribution in [0, 0.1) is 5.41 Å². The lowest BCUT2D eigenvalue weighted by Gasteiger charge is -2.50. The second kappa shape index (κ2) is 6.01. The number of hydrogen-bond acceptors (Lipinski definition) is 3. The lowest BCUT2D eigenvalue weighted by Crippen LogP contribution is -2.47. The zero-order chi connectivity index (χ0) is 19.6. The number of carbonyl (C=O) groups is 1. The Morgan fingerprint density at radius 2 is 1.66 bits per heavy atom. The standard InChI is InChI=1S/C25H20N2OS/c1-25(24(28)27-15-10-11-21-22(12-15)29-14-26-21)13-20-16-6-2-4-8-18(16)23(25)19-9-5-3-7-17(19)20/h2-12,14,20,23H,13H2,1H3,(H,27,28). The van der Waals surface area contributed by atoms with Crippen LogP contribution in [-0.2, 0) is 4.79 Å². The Hall–Kier alpha value is -2.98. The number of aromatic nitrogens is 1. The number of amides is 1. The number of thiazole rings is 1. The molecule has 1 atom stereocenters. The van der Waals surface area contributed by atoms with Gasteiger partial charge in [0.15, 0.2) is 0 Å². The van der Waals surface area contributed by atoms with Crippen LogP contribution in [0.3, 0.4) is 0 Å². The number of anilines is 1. The van der Waals surface area contributed by atoms with E-state index in [0.717, 1.165) is 22.3 Å². The van der Waals surface area contributed by atoms with Crippen LogP contribution < -0.4 is 5.32 Å². The van der Waals surface area contributed by atoms with E-state index in [1.54, 1.807) is 11.3 Å². The molecule has 1 unspecified atom stereocenters. The highest BCUT2D eigenvalue weighted by Gasteiger charge is 2.53. The van der Waals surface area contributed by atoms with Crippen LogP contribution in [0.4, 0.5) is 5.69 Å². The first-order valence-corrected chi connectivity index (χ1v) is 10.9. The van der Waals surface area contributed by atoms with Crippen molar-refractivity contribution in [3.8, 4) is 0 Å². The molecule has 1 aromatic heterocycles. The minimum Gasteiger partial charge on any atom is -0.326 e. The zero-order valence-corrected chi connectivity index (χ0v) is 16.9. The highest BCUT2D eigenvalue weighted by atomic mass is 32.1. The Morgan fingerprint density at radius 3 is 2.34 bits per heavy atom. The Bertz CT molecular complexity index is 1230. The predicted molar refractivity (Wildman–Crippen MR) is 118 cm³/mol. The second-order valence-electron chi connectivity index (χ2n) is 8.35. The third-order valence-corrected chi connectivity index (χ3v) is 7.53. The zero-order valence-electron chi connectivity index (χ0n) is 16.1. The molecule has 7 rings (SSSR count). The molecular formula is C25H20N2OS. The summed E-state index contributed by atoms with van der Waals surface area (Å²) >= 11 is 1.59. The minimum atomic E-state index is -0.490. The molecule has 0 saturated heterocycles. The third-order valence-electron chi connectivity index (χ3n) is 6.74. The van der Waals surface area contributed by atoms with Gasteiger partial charge in [0.05, 0.1) is 21.1 Å². The van der Waals surface area contributed by atoms with Gasteiger partial charge in [-0.2, -0.15) is 0 Å². The molecule has 1 N–H and O–H groups in total. The van der Waals surface area contributed by atoms with E-state index in [1.165, 1.54) is 22.3 Å². The average Bonchev–Trinajstić information content (AvgIpc) is 3.22. The number of rotatable bonds is 2. The molecule has 4 aromatic rings. The minimum absolute atomic E-state index is 0.0760. The molecule has 0 saturated carbocycles. The lowest BCUT2D eigenvalue weighted by atomic mass is 9.52. The number of fused-ring (bicyclic) bond motifs is 2. The molecule has 142 valence electrons. The fourth-order valence-electron chi connectivity index (χ4n) is 5.40. The van der Waals surface area contributed by atoms with Gasteiger partial charge in [-0.3, -0.25) is 4.79 Å². The fraction of sp³-hybridized carbons (Fsp3) is 0.200. The molecular weight excluding hydrogens is 376 g/mol. The summed E-state index contributed by atoms with van der Waals surface area (Å²) in [7, 11) is 0. The summed E-state index contributed by atoms with van der Waals surface area (Å²) in [4.78, 5) is 18.0. The summed E-state index contributed by atoms with van der Waals surface area (Å²) in [5, 5.41) is 3.22. The monoisotopic (exact) mass is 396 g/mol. The molecule has 1 amide bonds. The molecule has 0 aliphatic heterocycles. The molecule has 0 fully saturated rings. The van der Waals surface area contributed by atoms with Gasteiger partial charge in [0.1, 0.15) is 0 Å². The molecule has 3 nitrogen and oxygen atoms in total. The van der Waals surface area contributed by atoms with Crippen LogP contribution in [0.1, 0.15) is 47.4 Å². The number of benzene rings is 3. The van der Waals surface area contributed by atoms with Crippen LogP contribution in [0.2, 0.25) is 0 Å². The van der Waals surface area contributed by atoms with Crippen molar-refractivity contribution in [1.29, 1.82) is 0 Å². The average molecular weight is 397 g/mol. The summed E-state index contributed by atoms with van der Waals surface area (Å²) in [6.45, 7) is 2.14. The summed E-state index contributed by atoms with van der Waals surface area (Å²) in [5.74, 6) is 0.444. The van der Waals surface area contributed by atoms with Crippen molar-refractivity contribution in [2.45, 2.75) is 25.2 Å². The van der Waals surface area contributed by atoms with E-state index < -0.39 is 5.41 Å². The van der Waals surface area contributed by atoms with Crippen LogP contribution in [0.25, 0.3) is 10.2 Å². The molecule has 29 heavy (non-hydrogen) atoms. The van der Waals surface area contributed by atoms with E-state index in [9.17, 15) is 4.79 Å². The maximum Gasteiger partial charge on any atom is 0.231 e. The summed E-state index contributed by atoms with van der Waals surface area (Å²) in [5.41, 5.74) is 8.53. The van der Waals surface area contributed by atoms with Crippen molar-refractivity contribution in [2.24, 2.45) is 5.41 Å². The normalized spacial score (nSPS) is 24.2. The van der Waals surface area contributed by atoms with Crippen LogP contribution in [0.5, 0.6) is 0 Å². The van der Waals surface area contributed by atoms with E-state index >= 15 is 0 Å². The van der Waals surface area contributed by atoms with E-state index in [4.69, 9.17) is 0 Å². The maximum absolute atomic E-state index is 13.6. The van der Waals surface area contributed by atoms with Gasteiger partial charge in [-0.15, -0.1) is 11.3 Å². The Morgan fingerprint density at radius 1 is 1.00 bits per heavy atom. The number of nitrogens with one attached hydrogen (secondary N) is 1. The predicted octanol–water partition coefficient (Wildman–Crippen LogP) is 5.92. The molecule has 4 heteroatoms. The van der Waals surface area contributed by atoms with E-state index in [2.05, 4.69) is 65.8 Å². The third kappa shape index (κ3) is 2.36. The van der Waals surface area contributed by atoms with E-state index in [1.807, 2.05) is 23.7 Å². The fourth-order valence-corrected chi connectivity index (χ4v) is 6.11. The topological polar surface area (TPSA) is 42.0 Å². The first-order valence-electron chi connectivity index (χ1n) is 9.97. The van der Waals surface area contributed by atoms with E-state index in [-0.39, 0.29) is 17.7 Å². The van der Waals surface area contributed by atoms with Crippen molar-refractivity contribution >= 4 is 33.1 Å². The summed E-state index contributed by atoms with van der Waals surface area (Å²) < 4.78 is 1.09. The smallest absolute Gasteiger partial charge is 0.231 e. The van der Waals surface area contributed by atoms with Gasteiger partial charge in [-0.25, -0.2) is 4.98 Å². The van der Waals surface area contributed by atoms with Crippen LogP contribution >= 0.6 is 11.3 Å². The van der Waals surface area contributed by atoms with Crippen molar-refractivity contribution in [2.75, 3.05) is 5.32 Å². The van der Waals surface area contributed by atoms with Crippen LogP contribution in [0.15, 0.2) is 72.2 Å². The molecule has 2 bridgehead atoms. The van der Waals surface area contributed by atoms with Gasteiger partial charge in [0, 0.05) is 17.5 Å². The molecule has 3 aromatic carbocycles. The molecule has 0 radical (unpaired) electrons. The van der Waals surface area contributed by atoms with Gasteiger partial charge in [-0.05, 0) is 53.8 Å². The SMILES string of the molecule is CC1(C(=O)Nc2ccc3ncsc3c2)CC2c3ccccc3C1c1ccccc12. The summed E-state index contributed by atoms with van der Waals surface area (Å²) in [6, 6.07) is 23.2. The lowest BCUT2D eigenvalue weighted by molar-refractivity contribution is -0.126. The van der Waals surface area contributed by atoms with Crippen molar-refractivity contribution in [3.63, 3.8) is 0 Å².